The van der Waals surface area contributed by atoms with E-state index in [1.54, 1.807) is 42.6 Å². The maximum absolute atomic E-state index is 12.5. The van der Waals surface area contributed by atoms with E-state index in [9.17, 15) is 14.7 Å². The summed E-state index contributed by atoms with van der Waals surface area (Å²) < 4.78 is 1.94. The van der Waals surface area contributed by atoms with Crippen LogP contribution in [-0.2, 0) is 9.59 Å². The smallest absolute Gasteiger partial charge is 0.303 e. The van der Waals surface area contributed by atoms with Crippen LogP contribution in [0.1, 0.15) is 30.1 Å². The van der Waals surface area contributed by atoms with Crippen molar-refractivity contribution in [1.29, 1.82) is 0 Å². The first kappa shape index (κ1) is 19.6. The van der Waals surface area contributed by atoms with Crippen LogP contribution in [0.15, 0.2) is 60.9 Å². The average molecular weight is 398 g/mol. The van der Waals surface area contributed by atoms with Gasteiger partial charge in [-0.2, -0.15) is 0 Å². The molecule has 0 bridgehead atoms. The second-order valence-corrected chi connectivity index (χ2v) is 6.93. The average Bonchev–Trinajstić information content (AvgIpc) is 3.08. The Labute approximate surface area is 167 Å². The molecule has 0 saturated carbocycles. The summed E-state index contributed by atoms with van der Waals surface area (Å²) in [6, 6.07) is 14.3. The highest BCUT2D eigenvalue weighted by atomic mass is 35.5. The third-order valence-electron chi connectivity index (χ3n) is 4.45. The van der Waals surface area contributed by atoms with Crippen molar-refractivity contribution in [3.63, 3.8) is 0 Å². The molecule has 0 radical (unpaired) electrons. The Bertz CT molecular complexity index is 965. The first-order valence-corrected chi connectivity index (χ1v) is 9.17. The van der Waals surface area contributed by atoms with E-state index in [0.717, 1.165) is 17.1 Å². The van der Waals surface area contributed by atoms with E-state index in [1.165, 1.54) is 0 Å². The second-order valence-electron chi connectivity index (χ2n) is 6.49. The van der Waals surface area contributed by atoms with E-state index in [1.807, 2.05) is 29.8 Å². The number of hydrogen-bond donors (Lipinski definition) is 2. The van der Waals surface area contributed by atoms with Crippen LogP contribution in [0.2, 0.25) is 5.02 Å². The van der Waals surface area contributed by atoms with Gasteiger partial charge in [-0.1, -0.05) is 23.7 Å². The number of nitrogens with one attached hydrogen (secondary N) is 1. The van der Waals surface area contributed by atoms with Gasteiger partial charge in [-0.3, -0.25) is 9.59 Å². The second kappa shape index (κ2) is 8.71. The number of carbonyl (C=O) groups excluding carboxylic acids is 1. The lowest BCUT2D eigenvalue weighted by Crippen LogP contribution is -2.17. The molecule has 0 spiro atoms. The number of imidazole rings is 1. The molecule has 144 valence electrons. The number of benzene rings is 2. The fraction of sp³-hybridized carbons (Fsp3) is 0.190. The van der Waals surface area contributed by atoms with Crippen LogP contribution in [-0.4, -0.2) is 26.5 Å². The molecule has 1 amide bonds. The van der Waals surface area contributed by atoms with Gasteiger partial charge in [0, 0.05) is 41.1 Å². The largest absolute Gasteiger partial charge is 0.481 e. The summed E-state index contributed by atoms with van der Waals surface area (Å²) in [5, 5.41) is 12.6. The third kappa shape index (κ3) is 4.98. The molecular formula is C21H20ClN3O3. The molecule has 1 aromatic heterocycles. The predicted octanol–water partition coefficient (Wildman–Crippen LogP) is 4.42. The Kier molecular flexibility index (Phi) is 6.11. The fourth-order valence-electron chi connectivity index (χ4n) is 3.05. The molecule has 6 nitrogen and oxygen atoms in total. The van der Waals surface area contributed by atoms with Gasteiger partial charge in [0.15, 0.2) is 0 Å². The van der Waals surface area contributed by atoms with Crippen molar-refractivity contribution in [3.05, 3.63) is 77.3 Å². The number of aromatic nitrogens is 2. The first-order valence-electron chi connectivity index (χ1n) is 8.80. The molecule has 0 aliphatic rings. The van der Waals surface area contributed by atoms with Crippen LogP contribution >= 0.6 is 11.6 Å². The minimum absolute atomic E-state index is 0.0658. The van der Waals surface area contributed by atoms with Crippen LogP contribution in [0.4, 0.5) is 5.69 Å². The zero-order valence-electron chi connectivity index (χ0n) is 15.3. The van der Waals surface area contributed by atoms with Crippen LogP contribution in [0.3, 0.4) is 0 Å². The lowest BCUT2D eigenvalue weighted by molar-refractivity contribution is -0.137. The van der Waals surface area contributed by atoms with Gasteiger partial charge in [0.1, 0.15) is 5.82 Å². The summed E-state index contributed by atoms with van der Waals surface area (Å²) >= 11 is 5.89. The predicted molar refractivity (Wildman–Crippen MR) is 108 cm³/mol. The molecule has 0 saturated heterocycles. The van der Waals surface area contributed by atoms with E-state index in [-0.39, 0.29) is 18.7 Å². The molecule has 0 aliphatic heterocycles. The number of halogens is 1. The van der Waals surface area contributed by atoms with Gasteiger partial charge in [0.05, 0.1) is 6.42 Å². The van der Waals surface area contributed by atoms with Gasteiger partial charge in [0.2, 0.25) is 5.91 Å². The quantitative estimate of drug-likeness (QED) is 0.618. The topological polar surface area (TPSA) is 84.2 Å². The molecule has 7 heteroatoms. The van der Waals surface area contributed by atoms with Crippen molar-refractivity contribution in [3.8, 4) is 5.69 Å². The maximum Gasteiger partial charge on any atom is 0.303 e. The minimum atomic E-state index is -0.951. The molecule has 2 aromatic carbocycles. The fourth-order valence-corrected chi connectivity index (χ4v) is 3.17. The van der Waals surface area contributed by atoms with Gasteiger partial charge in [-0.05, 0) is 48.9 Å². The van der Waals surface area contributed by atoms with Crippen molar-refractivity contribution in [2.45, 2.75) is 25.7 Å². The lowest BCUT2D eigenvalue weighted by atomic mass is 9.92. The Morgan fingerprint density at radius 1 is 1.11 bits per heavy atom. The van der Waals surface area contributed by atoms with Crippen molar-refractivity contribution in [2.75, 3.05) is 5.32 Å². The van der Waals surface area contributed by atoms with Gasteiger partial charge >= 0.3 is 5.97 Å². The van der Waals surface area contributed by atoms with E-state index < -0.39 is 11.9 Å². The molecule has 28 heavy (non-hydrogen) atoms. The molecule has 3 aromatic rings. The Hall–Kier alpha value is -3.12. The van der Waals surface area contributed by atoms with Crippen LogP contribution < -0.4 is 5.32 Å². The standard InChI is InChI=1S/C21H20ClN3O3/c1-14-23-10-11-25(14)19-8-6-18(7-9-19)24-20(26)12-16(13-21(27)28)15-2-4-17(22)5-3-15/h2-11,16H,12-13H2,1H3,(H,24,26)(H,27,28). The molecule has 0 fully saturated rings. The SMILES string of the molecule is Cc1nccn1-c1ccc(NC(=O)CC(CC(=O)O)c2ccc(Cl)cc2)cc1. The summed E-state index contributed by atoms with van der Waals surface area (Å²) in [7, 11) is 0. The molecule has 0 aliphatic carbocycles. The highest BCUT2D eigenvalue weighted by Gasteiger charge is 2.19. The number of nitrogens with zero attached hydrogens (tertiary/aromatic N) is 2. The number of carboxylic acid groups (broad SMARTS) is 1. The third-order valence-corrected chi connectivity index (χ3v) is 4.70. The van der Waals surface area contributed by atoms with Crippen molar-refractivity contribution >= 4 is 29.2 Å². The highest BCUT2D eigenvalue weighted by molar-refractivity contribution is 6.30. The van der Waals surface area contributed by atoms with Gasteiger partial charge in [-0.25, -0.2) is 4.98 Å². The number of anilines is 1. The number of amides is 1. The van der Waals surface area contributed by atoms with Gasteiger partial charge in [0.25, 0.3) is 0 Å². The number of hydrogen-bond acceptors (Lipinski definition) is 3. The number of aliphatic carboxylic acids is 1. The van der Waals surface area contributed by atoms with E-state index in [0.29, 0.717) is 10.7 Å². The molecule has 3 rings (SSSR count). The van der Waals surface area contributed by atoms with Crippen LogP contribution in [0.25, 0.3) is 5.69 Å². The number of aryl methyl sites for hydroxylation is 1. The van der Waals surface area contributed by atoms with Crippen molar-refractivity contribution in [1.82, 2.24) is 9.55 Å². The number of carbonyl (C=O) groups is 2. The lowest BCUT2D eigenvalue weighted by Gasteiger charge is -2.15. The summed E-state index contributed by atoms with van der Waals surface area (Å²) in [6.45, 7) is 1.91. The normalized spacial score (nSPS) is 11.8. The van der Waals surface area contributed by atoms with Crippen molar-refractivity contribution < 1.29 is 14.7 Å². The summed E-state index contributed by atoms with van der Waals surface area (Å²) in [4.78, 5) is 27.9. The molecule has 1 unspecified atom stereocenters. The van der Waals surface area contributed by atoms with Gasteiger partial charge in [-0.15, -0.1) is 0 Å². The highest BCUT2D eigenvalue weighted by Crippen LogP contribution is 2.26. The van der Waals surface area contributed by atoms with Crippen LogP contribution in [0, 0.1) is 6.92 Å². The maximum atomic E-state index is 12.5. The summed E-state index contributed by atoms with van der Waals surface area (Å²) in [6.07, 6.45) is 3.53. The summed E-state index contributed by atoms with van der Waals surface area (Å²) in [5.74, 6) is -0.750. The molecular weight excluding hydrogens is 378 g/mol. The molecule has 1 atom stereocenters. The van der Waals surface area contributed by atoms with Crippen LogP contribution in [0.5, 0.6) is 0 Å². The minimum Gasteiger partial charge on any atom is -0.481 e. The monoisotopic (exact) mass is 397 g/mol. The van der Waals surface area contributed by atoms with Gasteiger partial charge < -0.3 is 15.0 Å². The number of carboxylic acids is 1. The zero-order valence-corrected chi connectivity index (χ0v) is 16.1. The van der Waals surface area contributed by atoms with E-state index in [2.05, 4.69) is 10.3 Å². The Morgan fingerprint density at radius 3 is 2.36 bits per heavy atom. The Balaban J connectivity index is 1.68. The van der Waals surface area contributed by atoms with Crippen molar-refractivity contribution in [2.24, 2.45) is 0 Å². The zero-order chi connectivity index (χ0) is 20.1. The number of rotatable bonds is 7. The van der Waals surface area contributed by atoms with E-state index in [4.69, 9.17) is 11.6 Å². The Morgan fingerprint density at radius 2 is 1.79 bits per heavy atom. The van der Waals surface area contributed by atoms with E-state index >= 15 is 0 Å². The molecule has 1 heterocycles. The summed E-state index contributed by atoms with van der Waals surface area (Å²) in [5.41, 5.74) is 2.36. The molecule has 2 N–H and O–H groups in total. The first-order chi connectivity index (χ1) is 13.4.